The lowest BCUT2D eigenvalue weighted by atomic mass is 9.85. The van der Waals surface area contributed by atoms with E-state index in [1.165, 1.54) is 12.1 Å². The van der Waals surface area contributed by atoms with Gasteiger partial charge in [0.25, 0.3) is 5.69 Å². The molecule has 1 heterocycles. The van der Waals surface area contributed by atoms with E-state index in [4.69, 9.17) is 0 Å². The summed E-state index contributed by atoms with van der Waals surface area (Å²) < 4.78 is 0. The van der Waals surface area contributed by atoms with Gasteiger partial charge >= 0.3 is 0 Å². The van der Waals surface area contributed by atoms with Gasteiger partial charge in [-0.05, 0) is 31.4 Å². The van der Waals surface area contributed by atoms with E-state index in [-0.39, 0.29) is 48.0 Å². The fraction of sp³-hybridized carbons (Fsp3) is 0.389. The topological polar surface area (TPSA) is 110 Å². The van der Waals surface area contributed by atoms with Crippen molar-refractivity contribution < 1.29 is 19.3 Å². The summed E-state index contributed by atoms with van der Waals surface area (Å²) in [7, 11) is 0. The highest BCUT2D eigenvalue weighted by Crippen LogP contribution is 2.35. The lowest BCUT2D eigenvalue weighted by molar-refractivity contribution is -0.384. The standard InChI is InChI=1S/C18H19N3O5/c1-11-6-7-14(15(10-11)21(25)26)19-16(22)8-9-20-17(23)12-4-2-3-5-13(12)18(20)24/h2-3,6-7,10,12-13H,4-5,8-9H2,1H3,(H,19,22)/t12-,13-/m1/s1. The zero-order chi connectivity index (χ0) is 18.8. The summed E-state index contributed by atoms with van der Waals surface area (Å²) >= 11 is 0. The summed E-state index contributed by atoms with van der Waals surface area (Å²) in [6, 6.07) is 4.51. The average molecular weight is 357 g/mol. The van der Waals surface area contributed by atoms with Crippen LogP contribution >= 0.6 is 0 Å². The van der Waals surface area contributed by atoms with E-state index in [0.717, 1.165) is 4.90 Å². The number of nitro benzene ring substituents is 1. The predicted molar refractivity (Wildman–Crippen MR) is 93.2 cm³/mol. The maximum absolute atomic E-state index is 12.4. The second-order valence-electron chi connectivity index (χ2n) is 6.56. The molecule has 2 aliphatic rings. The van der Waals surface area contributed by atoms with Gasteiger partial charge in [0.15, 0.2) is 0 Å². The number of likely N-dealkylation sites (tertiary alicyclic amines) is 1. The summed E-state index contributed by atoms with van der Waals surface area (Å²) in [5.74, 6) is -1.61. The third-order valence-corrected chi connectivity index (χ3v) is 4.79. The molecule has 8 nitrogen and oxygen atoms in total. The average Bonchev–Trinajstić information content (AvgIpc) is 2.86. The number of anilines is 1. The van der Waals surface area contributed by atoms with E-state index < -0.39 is 10.8 Å². The van der Waals surface area contributed by atoms with Crippen molar-refractivity contribution in [1.29, 1.82) is 0 Å². The van der Waals surface area contributed by atoms with Crippen molar-refractivity contribution in [3.63, 3.8) is 0 Å². The summed E-state index contributed by atoms with van der Waals surface area (Å²) in [6.07, 6.45) is 4.80. The van der Waals surface area contributed by atoms with E-state index in [1.54, 1.807) is 13.0 Å². The van der Waals surface area contributed by atoms with E-state index in [1.807, 2.05) is 12.2 Å². The fourth-order valence-electron chi connectivity index (χ4n) is 3.41. The van der Waals surface area contributed by atoms with Crippen molar-refractivity contribution in [2.45, 2.75) is 26.2 Å². The van der Waals surface area contributed by atoms with Gasteiger partial charge in [-0.2, -0.15) is 0 Å². The molecule has 0 bridgehead atoms. The van der Waals surface area contributed by atoms with Crippen molar-refractivity contribution in [1.82, 2.24) is 4.90 Å². The SMILES string of the molecule is Cc1ccc(NC(=O)CCN2C(=O)[C@@H]3CC=CC[C@H]3C2=O)c([N+](=O)[O-])c1. The molecular formula is C18H19N3O5. The molecule has 0 aromatic heterocycles. The number of hydrogen-bond acceptors (Lipinski definition) is 5. The van der Waals surface area contributed by atoms with Gasteiger partial charge in [-0.3, -0.25) is 29.4 Å². The van der Waals surface area contributed by atoms with Crippen molar-refractivity contribution in [3.05, 3.63) is 46.0 Å². The third-order valence-electron chi connectivity index (χ3n) is 4.79. The quantitative estimate of drug-likeness (QED) is 0.376. The minimum absolute atomic E-state index is 0.0177. The van der Waals surface area contributed by atoms with Crippen LogP contribution in [0.5, 0.6) is 0 Å². The number of fused-ring (bicyclic) bond motifs is 1. The second kappa shape index (κ2) is 7.07. The number of amides is 3. The summed E-state index contributed by atoms with van der Waals surface area (Å²) in [6.45, 7) is 1.70. The number of imide groups is 1. The number of nitrogens with zero attached hydrogens (tertiary/aromatic N) is 2. The van der Waals surface area contributed by atoms with Gasteiger partial charge in [0.2, 0.25) is 17.7 Å². The second-order valence-corrected chi connectivity index (χ2v) is 6.56. The Morgan fingerprint density at radius 2 is 1.85 bits per heavy atom. The highest BCUT2D eigenvalue weighted by atomic mass is 16.6. The first-order chi connectivity index (χ1) is 12.4. The van der Waals surface area contributed by atoms with Crippen LogP contribution in [0, 0.1) is 28.9 Å². The molecular weight excluding hydrogens is 338 g/mol. The molecule has 0 radical (unpaired) electrons. The largest absolute Gasteiger partial charge is 0.320 e. The Kier molecular flexibility index (Phi) is 4.83. The molecule has 3 rings (SSSR count). The van der Waals surface area contributed by atoms with Crippen LogP contribution in [0.4, 0.5) is 11.4 Å². The fourth-order valence-corrected chi connectivity index (χ4v) is 3.41. The number of rotatable bonds is 5. The lowest BCUT2D eigenvalue weighted by Crippen LogP contribution is -2.34. The number of carbonyl (C=O) groups excluding carboxylic acids is 3. The lowest BCUT2D eigenvalue weighted by Gasteiger charge is -2.14. The Bertz CT molecular complexity index is 791. The summed E-state index contributed by atoms with van der Waals surface area (Å²) in [4.78, 5) is 48.6. The van der Waals surface area contributed by atoms with Gasteiger partial charge in [0, 0.05) is 19.0 Å². The molecule has 1 aromatic carbocycles. The predicted octanol–water partition coefficient (Wildman–Crippen LogP) is 2.18. The molecule has 26 heavy (non-hydrogen) atoms. The van der Waals surface area contributed by atoms with E-state index >= 15 is 0 Å². The minimum Gasteiger partial charge on any atom is -0.320 e. The Labute approximate surface area is 150 Å². The van der Waals surface area contributed by atoms with Crippen LogP contribution in [-0.2, 0) is 14.4 Å². The molecule has 2 atom stereocenters. The van der Waals surface area contributed by atoms with Gasteiger partial charge in [0.1, 0.15) is 5.69 Å². The third kappa shape index (κ3) is 3.35. The number of carbonyl (C=O) groups is 3. The molecule has 136 valence electrons. The number of nitro groups is 1. The Balaban J connectivity index is 1.62. The normalized spacial score (nSPS) is 21.7. The van der Waals surface area contributed by atoms with Crippen LogP contribution < -0.4 is 5.32 Å². The zero-order valence-electron chi connectivity index (χ0n) is 14.3. The van der Waals surface area contributed by atoms with Crippen molar-refractivity contribution >= 4 is 29.1 Å². The first-order valence-electron chi connectivity index (χ1n) is 8.43. The Morgan fingerprint density at radius 1 is 1.23 bits per heavy atom. The van der Waals surface area contributed by atoms with Crippen LogP contribution in [0.25, 0.3) is 0 Å². The van der Waals surface area contributed by atoms with E-state index in [0.29, 0.717) is 18.4 Å². The van der Waals surface area contributed by atoms with Gasteiger partial charge < -0.3 is 5.32 Å². The molecule has 1 fully saturated rings. The first kappa shape index (κ1) is 17.8. The number of nitrogens with one attached hydrogen (secondary N) is 1. The minimum atomic E-state index is -0.562. The highest BCUT2D eigenvalue weighted by molar-refractivity contribution is 6.06. The van der Waals surface area contributed by atoms with Gasteiger partial charge in [-0.25, -0.2) is 0 Å². The molecule has 1 N–H and O–H groups in total. The van der Waals surface area contributed by atoms with Crippen LogP contribution in [0.3, 0.4) is 0 Å². The van der Waals surface area contributed by atoms with Crippen LogP contribution in [-0.4, -0.2) is 34.1 Å². The van der Waals surface area contributed by atoms with E-state index in [9.17, 15) is 24.5 Å². The molecule has 0 spiro atoms. The van der Waals surface area contributed by atoms with Crippen molar-refractivity contribution in [3.8, 4) is 0 Å². The highest BCUT2D eigenvalue weighted by Gasteiger charge is 2.46. The number of allylic oxidation sites excluding steroid dienone is 2. The Hall–Kier alpha value is -3.03. The van der Waals surface area contributed by atoms with Crippen LogP contribution in [0.1, 0.15) is 24.8 Å². The molecule has 0 unspecified atom stereocenters. The number of benzene rings is 1. The van der Waals surface area contributed by atoms with Gasteiger partial charge in [0.05, 0.1) is 16.8 Å². The maximum atomic E-state index is 12.4. The number of aryl methyl sites for hydroxylation is 1. The molecule has 1 aromatic rings. The van der Waals surface area contributed by atoms with Crippen LogP contribution in [0.15, 0.2) is 30.4 Å². The maximum Gasteiger partial charge on any atom is 0.293 e. The molecule has 1 aliphatic carbocycles. The summed E-state index contributed by atoms with van der Waals surface area (Å²) in [5.41, 5.74) is 0.616. The molecule has 1 saturated heterocycles. The number of hydrogen-bond donors (Lipinski definition) is 1. The molecule has 3 amide bonds. The Morgan fingerprint density at radius 3 is 2.42 bits per heavy atom. The zero-order valence-corrected chi connectivity index (χ0v) is 14.3. The van der Waals surface area contributed by atoms with Gasteiger partial charge in [-0.15, -0.1) is 0 Å². The summed E-state index contributed by atoms with van der Waals surface area (Å²) in [5, 5.41) is 13.6. The first-order valence-corrected chi connectivity index (χ1v) is 8.43. The van der Waals surface area contributed by atoms with E-state index in [2.05, 4.69) is 5.32 Å². The smallest absolute Gasteiger partial charge is 0.293 e. The molecule has 0 saturated carbocycles. The van der Waals surface area contributed by atoms with Crippen molar-refractivity contribution in [2.24, 2.45) is 11.8 Å². The van der Waals surface area contributed by atoms with Crippen molar-refractivity contribution in [2.75, 3.05) is 11.9 Å². The monoisotopic (exact) mass is 357 g/mol. The van der Waals surface area contributed by atoms with Crippen LogP contribution in [0.2, 0.25) is 0 Å². The molecule has 8 heteroatoms. The molecule has 1 aliphatic heterocycles. The van der Waals surface area contributed by atoms with Gasteiger partial charge in [-0.1, -0.05) is 18.2 Å².